The molecule has 3 rings (SSSR count). The molecule has 1 heterocycles. The van der Waals surface area contributed by atoms with Crippen LogP contribution in [0.25, 0.3) is 11.3 Å². The van der Waals surface area contributed by atoms with Crippen LogP contribution >= 0.6 is 11.3 Å². The van der Waals surface area contributed by atoms with Gasteiger partial charge in [-0.15, -0.1) is 11.3 Å². The molecule has 0 spiro atoms. The molecule has 28 heavy (non-hydrogen) atoms. The van der Waals surface area contributed by atoms with E-state index in [2.05, 4.69) is 16.4 Å². The van der Waals surface area contributed by atoms with Crippen LogP contribution in [0.3, 0.4) is 0 Å². The van der Waals surface area contributed by atoms with Crippen LogP contribution in [0.5, 0.6) is 5.75 Å². The minimum Gasteiger partial charge on any atom is -0.497 e. The maximum Gasteiger partial charge on any atom is 0.217 e. The summed E-state index contributed by atoms with van der Waals surface area (Å²) in [6, 6.07) is 8.94. The zero-order valence-electron chi connectivity index (χ0n) is 16.0. The van der Waals surface area contributed by atoms with E-state index in [1.54, 1.807) is 7.11 Å². The van der Waals surface area contributed by atoms with Gasteiger partial charge in [-0.2, -0.15) is 5.26 Å². The molecule has 0 saturated heterocycles. The maximum absolute atomic E-state index is 13.1. The topological polar surface area (TPSA) is 92.1 Å². The summed E-state index contributed by atoms with van der Waals surface area (Å²) in [5.74, 6) is -0.651. The number of ether oxygens (including phenoxy) is 1. The fourth-order valence-corrected chi connectivity index (χ4v) is 4.54. The summed E-state index contributed by atoms with van der Waals surface area (Å²) >= 11 is 1.30. The van der Waals surface area contributed by atoms with Gasteiger partial charge in [0.2, 0.25) is 5.91 Å². The number of thiazole rings is 1. The molecule has 0 bridgehead atoms. The van der Waals surface area contributed by atoms with E-state index in [4.69, 9.17) is 4.74 Å². The third kappa shape index (κ3) is 4.39. The predicted molar refractivity (Wildman–Crippen MR) is 107 cm³/mol. The van der Waals surface area contributed by atoms with Crippen molar-refractivity contribution < 1.29 is 14.3 Å². The molecule has 1 N–H and O–H groups in total. The first-order chi connectivity index (χ1) is 13.5. The number of methoxy groups -OCH3 is 1. The third-order valence-electron chi connectivity index (χ3n) is 5.10. The number of Topliss-reactive ketones (excluding diaryl/α,β-unsaturated/α-hetero) is 1. The van der Waals surface area contributed by atoms with Gasteiger partial charge in [0.1, 0.15) is 10.8 Å². The standard InChI is InChI=1S/C21H23N3O3S/c1-13(25)23-19(15-5-3-4-6-15)20(26)17(11-22)21-24-18(12-28-21)14-7-9-16(27-2)10-8-14/h7-10,12,15,17,19H,3-6H2,1-2H3,(H,23,25). The van der Waals surface area contributed by atoms with Crippen molar-refractivity contribution in [2.45, 2.75) is 44.6 Å². The largest absolute Gasteiger partial charge is 0.497 e. The van der Waals surface area contributed by atoms with Crippen LogP contribution in [-0.2, 0) is 9.59 Å². The normalized spacial score (nSPS) is 16.2. The van der Waals surface area contributed by atoms with E-state index in [-0.39, 0.29) is 17.6 Å². The summed E-state index contributed by atoms with van der Waals surface area (Å²) in [5.41, 5.74) is 1.61. The molecular weight excluding hydrogens is 374 g/mol. The van der Waals surface area contributed by atoms with Gasteiger partial charge in [0.15, 0.2) is 11.7 Å². The Balaban J connectivity index is 1.83. The predicted octanol–water partition coefficient (Wildman–Crippen LogP) is 3.69. The van der Waals surface area contributed by atoms with Crippen molar-refractivity contribution in [1.82, 2.24) is 10.3 Å². The van der Waals surface area contributed by atoms with Crippen LogP contribution in [0.15, 0.2) is 29.6 Å². The van der Waals surface area contributed by atoms with Crippen LogP contribution in [0, 0.1) is 17.2 Å². The summed E-state index contributed by atoms with van der Waals surface area (Å²) in [5, 5.41) is 14.8. The monoisotopic (exact) mass is 397 g/mol. The van der Waals surface area contributed by atoms with E-state index in [1.165, 1.54) is 18.3 Å². The number of carbonyl (C=O) groups excluding carboxylic acids is 2. The zero-order chi connectivity index (χ0) is 20.1. The number of rotatable bonds is 7. The second kappa shape index (κ2) is 8.98. The van der Waals surface area contributed by atoms with Gasteiger partial charge in [0.25, 0.3) is 0 Å². The summed E-state index contributed by atoms with van der Waals surface area (Å²) in [6.07, 6.45) is 3.88. The molecular formula is C21H23N3O3S. The Kier molecular flexibility index (Phi) is 6.42. The summed E-state index contributed by atoms with van der Waals surface area (Å²) in [6.45, 7) is 1.40. The molecule has 7 heteroatoms. The van der Waals surface area contributed by atoms with Gasteiger partial charge in [0, 0.05) is 17.9 Å². The second-order valence-electron chi connectivity index (χ2n) is 6.99. The van der Waals surface area contributed by atoms with E-state index in [0.717, 1.165) is 37.0 Å². The molecule has 2 unspecified atom stereocenters. The van der Waals surface area contributed by atoms with Crippen molar-refractivity contribution in [1.29, 1.82) is 5.26 Å². The van der Waals surface area contributed by atoms with Crippen molar-refractivity contribution in [2.24, 2.45) is 5.92 Å². The first kappa shape index (κ1) is 20.0. The van der Waals surface area contributed by atoms with Crippen molar-refractivity contribution in [3.63, 3.8) is 0 Å². The summed E-state index contributed by atoms with van der Waals surface area (Å²) < 4.78 is 5.16. The van der Waals surface area contributed by atoms with Crippen molar-refractivity contribution in [3.8, 4) is 23.1 Å². The zero-order valence-corrected chi connectivity index (χ0v) is 16.8. The molecule has 0 aliphatic heterocycles. The molecule has 1 fully saturated rings. The molecule has 0 radical (unpaired) electrons. The lowest BCUT2D eigenvalue weighted by atomic mass is 9.88. The van der Waals surface area contributed by atoms with E-state index in [9.17, 15) is 14.9 Å². The number of ketones is 1. The number of nitrogens with zero attached hydrogens (tertiary/aromatic N) is 2. The van der Waals surface area contributed by atoms with Crippen LogP contribution < -0.4 is 10.1 Å². The minimum absolute atomic E-state index is 0.0910. The molecule has 1 aromatic carbocycles. The molecule has 1 aromatic heterocycles. The smallest absolute Gasteiger partial charge is 0.217 e. The van der Waals surface area contributed by atoms with Crippen LogP contribution in [-0.4, -0.2) is 29.8 Å². The highest BCUT2D eigenvalue weighted by Crippen LogP contribution is 2.33. The highest BCUT2D eigenvalue weighted by atomic mass is 32.1. The number of nitrogens with one attached hydrogen (secondary N) is 1. The molecule has 1 saturated carbocycles. The van der Waals surface area contributed by atoms with Gasteiger partial charge < -0.3 is 10.1 Å². The summed E-state index contributed by atoms with van der Waals surface area (Å²) in [4.78, 5) is 29.3. The van der Waals surface area contributed by atoms with Crippen molar-refractivity contribution in [2.75, 3.05) is 7.11 Å². The van der Waals surface area contributed by atoms with E-state index in [0.29, 0.717) is 10.7 Å². The van der Waals surface area contributed by atoms with Crippen molar-refractivity contribution in [3.05, 3.63) is 34.7 Å². The Hall–Kier alpha value is -2.72. The highest BCUT2D eigenvalue weighted by molar-refractivity contribution is 7.10. The van der Waals surface area contributed by atoms with E-state index >= 15 is 0 Å². The third-order valence-corrected chi connectivity index (χ3v) is 6.01. The first-order valence-corrected chi connectivity index (χ1v) is 10.2. The average molecular weight is 398 g/mol. The van der Waals surface area contributed by atoms with Crippen LogP contribution in [0.1, 0.15) is 43.5 Å². The quantitative estimate of drug-likeness (QED) is 0.769. The number of aromatic nitrogens is 1. The van der Waals surface area contributed by atoms with Gasteiger partial charge in [-0.1, -0.05) is 12.8 Å². The Bertz CT molecular complexity index is 879. The molecule has 1 aliphatic rings. The molecule has 2 aromatic rings. The molecule has 6 nitrogen and oxygen atoms in total. The lowest BCUT2D eigenvalue weighted by molar-refractivity contribution is -0.128. The Labute approximate surface area is 168 Å². The van der Waals surface area contributed by atoms with Gasteiger partial charge in [-0.05, 0) is 43.0 Å². The molecule has 2 atom stereocenters. The van der Waals surface area contributed by atoms with Gasteiger partial charge in [-0.3, -0.25) is 9.59 Å². The number of carbonyl (C=O) groups is 2. The number of nitriles is 1. The molecule has 1 aliphatic carbocycles. The van der Waals surface area contributed by atoms with E-state index in [1.807, 2.05) is 29.6 Å². The number of hydrogen-bond acceptors (Lipinski definition) is 6. The lowest BCUT2D eigenvalue weighted by Crippen LogP contribution is -2.46. The lowest BCUT2D eigenvalue weighted by Gasteiger charge is -2.24. The fraction of sp³-hybridized carbons (Fsp3) is 0.429. The second-order valence-corrected chi connectivity index (χ2v) is 7.88. The SMILES string of the molecule is COc1ccc(-c2csc(C(C#N)C(=O)C(NC(C)=O)C3CCCC3)n2)cc1. The first-order valence-electron chi connectivity index (χ1n) is 9.33. The fourth-order valence-electron chi connectivity index (χ4n) is 3.67. The van der Waals surface area contributed by atoms with Gasteiger partial charge >= 0.3 is 0 Å². The average Bonchev–Trinajstić information content (AvgIpc) is 3.39. The van der Waals surface area contributed by atoms with Crippen LogP contribution in [0.2, 0.25) is 0 Å². The van der Waals surface area contributed by atoms with Crippen molar-refractivity contribution >= 4 is 23.0 Å². The number of amides is 1. The summed E-state index contributed by atoms with van der Waals surface area (Å²) in [7, 11) is 1.61. The van der Waals surface area contributed by atoms with Gasteiger partial charge in [-0.25, -0.2) is 4.98 Å². The number of hydrogen-bond donors (Lipinski definition) is 1. The minimum atomic E-state index is -0.977. The number of benzene rings is 1. The Morgan fingerprint density at radius 3 is 2.54 bits per heavy atom. The maximum atomic E-state index is 13.1. The molecule has 146 valence electrons. The Morgan fingerprint density at radius 2 is 1.96 bits per heavy atom. The molecule has 1 amide bonds. The van der Waals surface area contributed by atoms with Crippen LogP contribution in [0.4, 0.5) is 0 Å². The van der Waals surface area contributed by atoms with E-state index < -0.39 is 12.0 Å². The highest BCUT2D eigenvalue weighted by Gasteiger charge is 2.37. The van der Waals surface area contributed by atoms with Gasteiger partial charge in [0.05, 0.1) is 24.9 Å². The Morgan fingerprint density at radius 1 is 1.29 bits per heavy atom.